The minimum Gasteiger partial charge on any atom is -0.349 e. The molecule has 0 aliphatic carbocycles. The van der Waals surface area contributed by atoms with E-state index in [0.29, 0.717) is 17.6 Å². The molecule has 0 spiro atoms. The molecule has 0 radical (unpaired) electrons. The van der Waals surface area contributed by atoms with Crippen LogP contribution in [0.25, 0.3) is 10.8 Å². The minimum absolute atomic E-state index is 0.0264. The van der Waals surface area contributed by atoms with Crippen LogP contribution in [0.4, 0.5) is 0 Å². The van der Waals surface area contributed by atoms with Gasteiger partial charge in [0.2, 0.25) is 0 Å². The van der Waals surface area contributed by atoms with E-state index in [1.54, 1.807) is 6.20 Å². The first-order chi connectivity index (χ1) is 13.2. The highest BCUT2D eigenvalue weighted by Crippen LogP contribution is 2.12. The van der Waals surface area contributed by atoms with Crippen molar-refractivity contribution >= 4 is 16.7 Å². The standard InChI is InChI=1S/C21H22N4O2/c26-20(16-6-2-1-3-7-16)23-18-10-12-24(13-11-18)15-25-21(27)19-9-5-4-8-17(19)14-22-25/h1-9,14,18H,10-13,15H2,(H,23,26). The number of rotatable bonds is 4. The van der Waals surface area contributed by atoms with E-state index in [2.05, 4.69) is 15.3 Å². The average Bonchev–Trinajstić information content (AvgIpc) is 2.72. The van der Waals surface area contributed by atoms with Gasteiger partial charge >= 0.3 is 0 Å². The third-order valence-electron chi connectivity index (χ3n) is 5.05. The van der Waals surface area contributed by atoms with Crippen LogP contribution in [0.1, 0.15) is 23.2 Å². The van der Waals surface area contributed by atoms with Gasteiger partial charge in [-0.2, -0.15) is 5.10 Å². The molecule has 1 amide bonds. The van der Waals surface area contributed by atoms with Gasteiger partial charge in [0, 0.05) is 30.1 Å². The number of likely N-dealkylation sites (tertiary alicyclic amines) is 1. The molecule has 0 unspecified atom stereocenters. The number of hydrogen-bond donors (Lipinski definition) is 1. The van der Waals surface area contributed by atoms with Crippen LogP contribution < -0.4 is 10.9 Å². The summed E-state index contributed by atoms with van der Waals surface area (Å²) in [5, 5.41) is 8.96. The average molecular weight is 362 g/mol. The van der Waals surface area contributed by atoms with E-state index in [1.165, 1.54) is 4.68 Å². The Kier molecular flexibility index (Phi) is 4.98. The van der Waals surface area contributed by atoms with Gasteiger partial charge in [-0.3, -0.25) is 14.5 Å². The summed E-state index contributed by atoms with van der Waals surface area (Å²) in [6.07, 6.45) is 3.46. The second kappa shape index (κ2) is 7.72. The van der Waals surface area contributed by atoms with Crippen molar-refractivity contribution in [2.75, 3.05) is 13.1 Å². The molecular formula is C21H22N4O2. The van der Waals surface area contributed by atoms with Crippen molar-refractivity contribution in [2.24, 2.45) is 0 Å². The van der Waals surface area contributed by atoms with Crippen LogP contribution in [0.5, 0.6) is 0 Å². The molecule has 4 rings (SSSR count). The van der Waals surface area contributed by atoms with Gasteiger partial charge in [-0.05, 0) is 31.0 Å². The highest BCUT2D eigenvalue weighted by molar-refractivity contribution is 5.94. The highest BCUT2D eigenvalue weighted by atomic mass is 16.1. The van der Waals surface area contributed by atoms with Gasteiger partial charge in [-0.15, -0.1) is 0 Å². The highest BCUT2D eigenvalue weighted by Gasteiger charge is 2.21. The van der Waals surface area contributed by atoms with Crippen LogP contribution in [0.3, 0.4) is 0 Å². The number of carbonyl (C=O) groups excluding carboxylic acids is 1. The van der Waals surface area contributed by atoms with Crippen molar-refractivity contribution in [3.05, 3.63) is 76.7 Å². The Labute approximate surface area is 157 Å². The summed E-state index contributed by atoms with van der Waals surface area (Å²) >= 11 is 0. The molecule has 6 nitrogen and oxygen atoms in total. The Morgan fingerprint density at radius 2 is 1.74 bits per heavy atom. The number of piperidine rings is 1. The molecule has 1 fully saturated rings. The molecule has 1 aromatic heterocycles. The summed E-state index contributed by atoms with van der Waals surface area (Å²) in [6.45, 7) is 2.12. The van der Waals surface area contributed by atoms with Gasteiger partial charge in [-0.1, -0.05) is 36.4 Å². The molecule has 27 heavy (non-hydrogen) atoms. The number of aromatic nitrogens is 2. The molecule has 1 N–H and O–H groups in total. The first kappa shape index (κ1) is 17.4. The van der Waals surface area contributed by atoms with Crippen molar-refractivity contribution in [1.29, 1.82) is 0 Å². The maximum absolute atomic E-state index is 12.6. The molecule has 1 aliphatic heterocycles. The van der Waals surface area contributed by atoms with E-state index in [0.717, 1.165) is 31.3 Å². The third kappa shape index (κ3) is 3.90. The van der Waals surface area contributed by atoms with Crippen LogP contribution in [0.2, 0.25) is 0 Å². The zero-order valence-corrected chi connectivity index (χ0v) is 15.0. The van der Waals surface area contributed by atoms with E-state index in [1.807, 2.05) is 54.6 Å². The van der Waals surface area contributed by atoms with Crippen molar-refractivity contribution in [3.8, 4) is 0 Å². The van der Waals surface area contributed by atoms with Crippen molar-refractivity contribution in [1.82, 2.24) is 20.0 Å². The lowest BCUT2D eigenvalue weighted by Gasteiger charge is -2.32. The second-order valence-electron chi connectivity index (χ2n) is 6.91. The number of fused-ring (bicyclic) bond motifs is 1. The fourth-order valence-corrected chi connectivity index (χ4v) is 3.49. The van der Waals surface area contributed by atoms with Gasteiger partial charge in [0.1, 0.15) is 0 Å². The monoisotopic (exact) mass is 362 g/mol. The number of nitrogens with zero attached hydrogens (tertiary/aromatic N) is 3. The molecule has 0 bridgehead atoms. The van der Waals surface area contributed by atoms with Crippen LogP contribution >= 0.6 is 0 Å². The van der Waals surface area contributed by atoms with E-state index >= 15 is 0 Å². The molecule has 0 atom stereocenters. The molecule has 6 heteroatoms. The Morgan fingerprint density at radius 1 is 1.04 bits per heavy atom. The van der Waals surface area contributed by atoms with E-state index in [9.17, 15) is 9.59 Å². The van der Waals surface area contributed by atoms with Gasteiger partial charge in [-0.25, -0.2) is 4.68 Å². The Bertz CT molecular complexity index is 992. The van der Waals surface area contributed by atoms with Gasteiger partial charge in [0.05, 0.1) is 18.3 Å². The molecule has 0 saturated carbocycles. The Hall–Kier alpha value is -2.99. The maximum atomic E-state index is 12.6. The SMILES string of the molecule is O=C(NC1CCN(Cn2ncc3ccccc3c2=O)CC1)c1ccccc1. The van der Waals surface area contributed by atoms with E-state index in [-0.39, 0.29) is 17.5 Å². The number of amides is 1. The molecule has 1 aliphatic rings. The molecule has 3 aromatic rings. The first-order valence-corrected chi connectivity index (χ1v) is 9.24. The summed E-state index contributed by atoms with van der Waals surface area (Å²) in [7, 11) is 0. The third-order valence-corrected chi connectivity index (χ3v) is 5.05. The summed E-state index contributed by atoms with van der Waals surface area (Å²) < 4.78 is 1.52. The van der Waals surface area contributed by atoms with Crippen molar-refractivity contribution < 1.29 is 4.79 Å². The summed E-state index contributed by atoms with van der Waals surface area (Å²) in [6, 6.07) is 16.9. The van der Waals surface area contributed by atoms with Gasteiger partial charge < -0.3 is 5.32 Å². The summed E-state index contributed by atoms with van der Waals surface area (Å²) in [4.78, 5) is 27.1. The van der Waals surface area contributed by atoms with Gasteiger partial charge in [0.15, 0.2) is 0 Å². The molecule has 2 heterocycles. The summed E-state index contributed by atoms with van der Waals surface area (Å²) in [5.41, 5.74) is 0.624. The maximum Gasteiger partial charge on any atom is 0.275 e. The van der Waals surface area contributed by atoms with Crippen LogP contribution in [0.15, 0.2) is 65.6 Å². The lowest BCUT2D eigenvalue weighted by Crippen LogP contribution is -2.46. The topological polar surface area (TPSA) is 67.2 Å². The zero-order chi connectivity index (χ0) is 18.6. The lowest BCUT2D eigenvalue weighted by atomic mass is 10.0. The van der Waals surface area contributed by atoms with E-state index in [4.69, 9.17) is 0 Å². The zero-order valence-electron chi connectivity index (χ0n) is 15.0. The lowest BCUT2D eigenvalue weighted by molar-refractivity contribution is 0.0895. The fourth-order valence-electron chi connectivity index (χ4n) is 3.49. The number of benzene rings is 2. The van der Waals surface area contributed by atoms with Crippen LogP contribution in [0, 0.1) is 0 Å². The van der Waals surface area contributed by atoms with Crippen LogP contribution in [-0.4, -0.2) is 39.7 Å². The molecule has 138 valence electrons. The quantitative estimate of drug-likeness (QED) is 0.773. The molecule has 2 aromatic carbocycles. The Balaban J connectivity index is 1.35. The molecule has 1 saturated heterocycles. The molecular weight excluding hydrogens is 340 g/mol. The number of nitrogens with one attached hydrogen (secondary N) is 1. The Morgan fingerprint density at radius 3 is 2.52 bits per heavy atom. The minimum atomic E-state index is -0.0624. The van der Waals surface area contributed by atoms with Gasteiger partial charge in [0.25, 0.3) is 11.5 Å². The largest absolute Gasteiger partial charge is 0.349 e. The fraction of sp³-hybridized carbons (Fsp3) is 0.286. The number of carbonyl (C=O) groups is 1. The normalized spacial score (nSPS) is 15.7. The predicted molar refractivity (Wildman–Crippen MR) is 105 cm³/mol. The number of hydrogen-bond acceptors (Lipinski definition) is 4. The smallest absolute Gasteiger partial charge is 0.275 e. The second-order valence-corrected chi connectivity index (χ2v) is 6.91. The van der Waals surface area contributed by atoms with E-state index < -0.39 is 0 Å². The van der Waals surface area contributed by atoms with Crippen molar-refractivity contribution in [3.63, 3.8) is 0 Å². The van der Waals surface area contributed by atoms with Crippen LogP contribution in [-0.2, 0) is 6.67 Å². The summed E-state index contributed by atoms with van der Waals surface area (Å²) in [5.74, 6) is -0.0264. The first-order valence-electron chi connectivity index (χ1n) is 9.24. The van der Waals surface area contributed by atoms with Crippen molar-refractivity contribution in [2.45, 2.75) is 25.6 Å². The predicted octanol–water partition coefficient (Wildman–Crippen LogP) is 2.25.